The second-order valence-corrected chi connectivity index (χ2v) is 6.62. The van der Waals surface area contributed by atoms with Crippen LogP contribution in [0.5, 0.6) is 0 Å². The van der Waals surface area contributed by atoms with Crippen LogP contribution in [0, 0.1) is 0 Å². The van der Waals surface area contributed by atoms with Crippen LogP contribution in [-0.2, 0) is 4.79 Å². The number of amides is 1. The standard InChI is InChI=1S/C17H14N2OS2/c20-16(19-17-18-11-12-21-17)15(13-7-3-1-4-8-13)22-14-9-5-2-6-10-14/h1-12,15H,(H,18,19,20). The van der Waals surface area contributed by atoms with E-state index in [1.165, 1.54) is 23.1 Å². The summed E-state index contributed by atoms with van der Waals surface area (Å²) in [5.74, 6) is -0.0602. The molecule has 0 saturated carbocycles. The fraction of sp³-hybridized carbons (Fsp3) is 0.0588. The van der Waals surface area contributed by atoms with Gasteiger partial charge in [-0.1, -0.05) is 48.5 Å². The highest BCUT2D eigenvalue weighted by Crippen LogP contribution is 2.36. The molecule has 1 atom stereocenters. The van der Waals surface area contributed by atoms with Crippen molar-refractivity contribution < 1.29 is 4.79 Å². The zero-order valence-electron chi connectivity index (χ0n) is 11.7. The lowest BCUT2D eigenvalue weighted by molar-refractivity contribution is -0.115. The van der Waals surface area contributed by atoms with Crippen molar-refractivity contribution in [3.05, 3.63) is 77.8 Å². The molecule has 1 amide bonds. The van der Waals surface area contributed by atoms with E-state index >= 15 is 0 Å². The molecule has 2 aromatic carbocycles. The first-order chi connectivity index (χ1) is 10.8. The van der Waals surface area contributed by atoms with Crippen LogP contribution in [0.4, 0.5) is 5.13 Å². The van der Waals surface area contributed by atoms with Crippen molar-refractivity contribution >= 4 is 34.1 Å². The molecular formula is C17H14N2OS2. The van der Waals surface area contributed by atoms with Crippen molar-refractivity contribution in [2.75, 3.05) is 5.32 Å². The summed E-state index contributed by atoms with van der Waals surface area (Å²) < 4.78 is 0. The van der Waals surface area contributed by atoms with Crippen LogP contribution in [0.25, 0.3) is 0 Å². The Bertz CT molecular complexity index is 715. The molecule has 0 spiro atoms. The van der Waals surface area contributed by atoms with Gasteiger partial charge in [-0.05, 0) is 17.7 Å². The van der Waals surface area contributed by atoms with Crippen LogP contribution in [0.2, 0.25) is 0 Å². The third-order valence-electron chi connectivity index (χ3n) is 3.00. The van der Waals surface area contributed by atoms with E-state index in [0.717, 1.165) is 10.5 Å². The number of carbonyl (C=O) groups is 1. The molecule has 1 heterocycles. The highest BCUT2D eigenvalue weighted by molar-refractivity contribution is 8.00. The van der Waals surface area contributed by atoms with Gasteiger partial charge >= 0.3 is 0 Å². The zero-order chi connectivity index (χ0) is 15.2. The maximum absolute atomic E-state index is 12.7. The molecule has 22 heavy (non-hydrogen) atoms. The molecule has 0 radical (unpaired) electrons. The molecule has 0 aliphatic rings. The Hall–Kier alpha value is -2.11. The van der Waals surface area contributed by atoms with Crippen molar-refractivity contribution in [1.29, 1.82) is 0 Å². The first-order valence-electron chi connectivity index (χ1n) is 6.80. The summed E-state index contributed by atoms with van der Waals surface area (Å²) in [6.07, 6.45) is 1.68. The first-order valence-corrected chi connectivity index (χ1v) is 8.56. The minimum absolute atomic E-state index is 0.0602. The van der Waals surface area contributed by atoms with Gasteiger partial charge in [0.1, 0.15) is 5.25 Å². The predicted molar refractivity (Wildman–Crippen MR) is 92.2 cm³/mol. The van der Waals surface area contributed by atoms with Gasteiger partial charge in [0.15, 0.2) is 5.13 Å². The molecule has 1 unspecified atom stereocenters. The van der Waals surface area contributed by atoms with Gasteiger partial charge in [0.05, 0.1) is 0 Å². The van der Waals surface area contributed by atoms with Crippen LogP contribution in [0.15, 0.2) is 77.1 Å². The van der Waals surface area contributed by atoms with Crippen molar-refractivity contribution in [3.8, 4) is 0 Å². The van der Waals surface area contributed by atoms with E-state index in [0.29, 0.717) is 5.13 Å². The van der Waals surface area contributed by atoms with E-state index in [9.17, 15) is 4.79 Å². The summed E-state index contributed by atoms with van der Waals surface area (Å²) in [6.45, 7) is 0. The fourth-order valence-corrected chi connectivity index (χ4v) is 3.57. The zero-order valence-corrected chi connectivity index (χ0v) is 13.3. The average Bonchev–Trinajstić information content (AvgIpc) is 3.07. The average molecular weight is 326 g/mol. The third kappa shape index (κ3) is 3.75. The minimum atomic E-state index is -0.313. The summed E-state index contributed by atoms with van der Waals surface area (Å²) in [5.41, 5.74) is 0.977. The molecule has 110 valence electrons. The second-order valence-electron chi connectivity index (χ2n) is 4.55. The lowest BCUT2D eigenvalue weighted by atomic mass is 10.1. The number of anilines is 1. The Kier molecular flexibility index (Phi) is 4.88. The molecule has 1 aromatic heterocycles. The highest BCUT2D eigenvalue weighted by atomic mass is 32.2. The Morgan fingerprint density at radius 2 is 1.73 bits per heavy atom. The molecule has 0 fully saturated rings. The van der Waals surface area contributed by atoms with Crippen molar-refractivity contribution in [2.24, 2.45) is 0 Å². The summed E-state index contributed by atoms with van der Waals surface area (Å²) in [4.78, 5) is 17.8. The number of hydrogen-bond acceptors (Lipinski definition) is 4. The smallest absolute Gasteiger partial charge is 0.244 e. The third-order valence-corrected chi connectivity index (χ3v) is 4.95. The van der Waals surface area contributed by atoms with Crippen LogP contribution >= 0.6 is 23.1 Å². The maximum atomic E-state index is 12.7. The Morgan fingerprint density at radius 1 is 1.05 bits per heavy atom. The number of aromatic nitrogens is 1. The van der Waals surface area contributed by atoms with E-state index in [1.807, 2.05) is 66.0 Å². The lowest BCUT2D eigenvalue weighted by Gasteiger charge is -2.16. The molecule has 3 rings (SSSR count). The number of hydrogen-bond donors (Lipinski definition) is 1. The molecule has 1 N–H and O–H groups in total. The van der Waals surface area contributed by atoms with Crippen LogP contribution in [0.3, 0.4) is 0 Å². The molecule has 0 aliphatic carbocycles. The SMILES string of the molecule is O=C(Nc1nccs1)C(Sc1ccccc1)c1ccccc1. The monoisotopic (exact) mass is 326 g/mol. The van der Waals surface area contributed by atoms with E-state index in [2.05, 4.69) is 10.3 Å². The van der Waals surface area contributed by atoms with Crippen LogP contribution < -0.4 is 5.32 Å². The first kappa shape index (κ1) is 14.8. The predicted octanol–water partition coefficient (Wildman–Crippen LogP) is 4.62. The van der Waals surface area contributed by atoms with E-state index in [-0.39, 0.29) is 11.2 Å². The normalized spacial score (nSPS) is 11.8. The van der Waals surface area contributed by atoms with Gasteiger partial charge in [-0.2, -0.15) is 0 Å². The number of benzene rings is 2. The van der Waals surface area contributed by atoms with Gasteiger partial charge in [-0.15, -0.1) is 23.1 Å². The summed E-state index contributed by atoms with van der Waals surface area (Å²) >= 11 is 2.95. The van der Waals surface area contributed by atoms with E-state index < -0.39 is 0 Å². The number of thiazole rings is 1. The molecular weight excluding hydrogens is 312 g/mol. The highest BCUT2D eigenvalue weighted by Gasteiger charge is 2.22. The largest absolute Gasteiger partial charge is 0.301 e. The Morgan fingerprint density at radius 3 is 2.36 bits per heavy atom. The molecule has 5 heteroatoms. The number of nitrogens with one attached hydrogen (secondary N) is 1. The van der Waals surface area contributed by atoms with Crippen molar-refractivity contribution in [3.63, 3.8) is 0 Å². The summed E-state index contributed by atoms with van der Waals surface area (Å²) in [6, 6.07) is 19.7. The minimum Gasteiger partial charge on any atom is -0.301 e. The number of carbonyl (C=O) groups excluding carboxylic acids is 1. The van der Waals surface area contributed by atoms with Gasteiger partial charge in [-0.25, -0.2) is 4.98 Å². The van der Waals surface area contributed by atoms with Crippen LogP contribution in [-0.4, -0.2) is 10.9 Å². The molecule has 0 bridgehead atoms. The fourth-order valence-electron chi connectivity index (χ4n) is 1.99. The van der Waals surface area contributed by atoms with Gasteiger partial charge < -0.3 is 5.32 Å². The molecule has 3 nitrogen and oxygen atoms in total. The summed E-state index contributed by atoms with van der Waals surface area (Å²) in [7, 11) is 0. The van der Waals surface area contributed by atoms with Gasteiger partial charge in [-0.3, -0.25) is 4.79 Å². The second kappa shape index (κ2) is 7.24. The summed E-state index contributed by atoms with van der Waals surface area (Å²) in [5, 5.41) is 5.05. The molecule has 3 aromatic rings. The lowest BCUT2D eigenvalue weighted by Crippen LogP contribution is -2.18. The van der Waals surface area contributed by atoms with E-state index in [1.54, 1.807) is 6.20 Å². The number of nitrogens with zero attached hydrogens (tertiary/aromatic N) is 1. The number of rotatable bonds is 5. The molecule has 0 saturated heterocycles. The maximum Gasteiger partial charge on any atom is 0.244 e. The Balaban J connectivity index is 1.84. The van der Waals surface area contributed by atoms with Gasteiger partial charge in [0, 0.05) is 16.5 Å². The van der Waals surface area contributed by atoms with Gasteiger partial charge in [0.2, 0.25) is 5.91 Å². The topological polar surface area (TPSA) is 42.0 Å². The van der Waals surface area contributed by atoms with Crippen LogP contribution in [0.1, 0.15) is 10.8 Å². The molecule has 0 aliphatic heterocycles. The quantitative estimate of drug-likeness (QED) is 0.696. The van der Waals surface area contributed by atoms with Gasteiger partial charge in [0.25, 0.3) is 0 Å². The van der Waals surface area contributed by atoms with Crippen molar-refractivity contribution in [2.45, 2.75) is 10.1 Å². The number of thioether (sulfide) groups is 1. The Labute approximate surface area is 137 Å². The van der Waals surface area contributed by atoms with E-state index in [4.69, 9.17) is 0 Å². The van der Waals surface area contributed by atoms with Crippen molar-refractivity contribution in [1.82, 2.24) is 4.98 Å².